The van der Waals surface area contributed by atoms with Crippen LogP contribution in [0.3, 0.4) is 0 Å². The van der Waals surface area contributed by atoms with Crippen molar-refractivity contribution >= 4 is 15.9 Å². The molecular weight excluding hydrogens is 308 g/mol. The van der Waals surface area contributed by atoms with E-state index in [2.05, 4.69) is 33.3 Å². The summed E-state index contributed by atoms with van der Waals surface area (Å²) in [7, 11) is 0. The maximum Gasteiger partial charge on any atom is 0.174 e. The van der Waals surface area contributed by atoms with Gasteiger partial charge in [-0.15, -0.1) is 0 Å². The van der Waals surface area contributed by atoms with Crippen molar-refractivity contribution in [1.29, 1.82) is 0 Å². The Labute approximate surface area is 121 Å². The Morgan fingerprint density at radius 1 is 1.37 bits per heavy atom. The number of nitrogens with zero attached hydrogens (tertiary/aromatic N) is 1. The number of hydrogen-bond acceptors (Lipinski definition) is 4. The molecule has 102 valence electrons. The SMILES string of the molecule is CCCNCc1cc(COc2cccc(Br)c2)on1. The van der Waals surface area contributed by atoms with Crippen LogP contribution in [0.5, 0.6) is 5.75 Å². The summed E-state index contributed by atoms with van der Waals surface area (Å²) in [4.78, 5) is 0. The van der Waals surface area contributed by atoms with Crippen molar-refractivity contribution in [3.63, 3.8) is 0 Å². The molecule has 0 fully saturated rings. The molecule has 0 aliphatic carbocycles. The van der Waals surface area contributed by atoms with E-state index in [0.29, 0.717) is 6.61 Å². The molecule has 0 unspecified atom stereocenters. The number of aromatic nitrogens is 1. The van der Waals surface area contributed by atoms with Crippen molar-refractivity contribution < 1.29 is 9.26 Å². The highest BCUT2D eigenvalue weighted by Crippen LogP contribution is 2.19. The number of hydrogen-bond donors (Lipinski definition) is 1. The van der Waals surface area contributed by atoms with Gasteiger partial charge in [0.2, 0.25) is 0 Å². The Morgan fingerprint density at radius 3 is 3.05 bits per heavy atom. The van der Waals surface area contributed by atoms with Crippen molar-refractivity contribution in [3.05, 3.63) is 46.3 Å². The van der Waals surface area contributed by atoms with Gasteiger partial charge in [0.1, 0.15) is 12.4 Å². The zero-order valence-corrected chi connectivity index (χ0v) is 12.4. The molecule has 0 aliphatic rings. The van der Waals surface area contributed by atoms with E-state index in [1.165, 1.54) is 0 Å². The molecule has 1 aromatic heterocycles. The molecule has 0 spiro atoms. The number of rotatable bonds is 7. The van der Waals surface area contributed by atoms with Crippen LogP contribution in [0.4, 0.5) is 0 Å². The van der Waals surface area contributed by atoms with Gasteiger partial charge in [-0.25, -0.2) is 0 Å². The summed E-state index contributed by atoms with van der Waals surface area (Å²) < 4.78 is 11.8. The number of nitrogens with one attached hydrogen (secondary N) is 1. The molecule has 1 heterocycles. The predicted molar refractivity (Wildman–Crippen MR) is 77.0 cm³/mol. The normalized spacial score (nSPS) is 10.6. The molecule has 1 N–H and O–H groups in total. The first-order chi connectivity index (χ1) is 9.28. The van der Waals surface area contributed by atoms with E-state index in [1.807, 2.05) is 30.3 Å². The lowest BCUT2D eigenvalue weighted by Crippen LogP contribution is -2.13. The van der Waals surface area contributed by atoms with Crippen LogP contribution in [0.25, 0.3) is 0 Å². The van der Waals surface area contributed by atoms with Gasteiger partial charge < -0.3 is 14.6 Å². The summed E-state index contributed by atoms with van der Waals surface area (Å²) in [5.74, 6) is 1.53. The Hall–Kier alpha value is -1.33. The molecule has 0 aliphatic heterocycles. The van der Waals surface area contributed by atoms with Gasteiger partial charge in [-0.1, -0.05) is 34.1 Å². The van der Waals surface area contributed by atoms with E-state index < -0.39 is 0 Å². The molecule has 2 rings (SSSR count). The van der Waals surface area contributed by atoms with Gasteiger partial charge >= 0.3 is 0 Å². The molecule has 2 aromatic rings. The second-order valence-electron chi connectivity index (χ2n) is 4.21. The summed E-state index contributed by atoms with van der Waals surface area (Å²) >= 11 is 3.40. The predicted octanol–water partition coefficient (Wildman–Crippen LogP) is 3.52. The molecule has 1 aromatic carbocycles. The highest BCUT2D eigenvalue weighted by atomic mass is 79.9. The van der Waals surface area contributed by atoms with Crippen LogP contribution in [0, 0.1) is 0 Å². The third kappa shape index (κ3) is 4.69. The monoisotopic (exact) mass is 324 g/mol. The molecule has 5 heteroatoms. The van der Waals surface area contributed by atoms with E-state index >= 15 is 0 Å². The van der Waals surface area contributed by atoms with Gasteiger partial charge in [0.15, 0.2) is 5.76 Å². The van der Waals surface area contributed by atoms with Crippen molar-refractivity contribution in [3.8, 4) is 5.75 Å². The van der Waals surface area contributed by atoms with Crippen LogP contribution in [-0.2, 0) is 13.2 Å². The van der Waals surface area contributed by atoms with Crippen molar-refractivity contribution in [2.24, 2.45) is 0 Å². The minimum Gasteiger partial charge on any atom is -0.486 e. The van der Waals surface area contributed by atoms with Gasteiger partial charge in [0, 0.05) is 17.1 Å². The molecular formula is C14H17BrN2O2. The fraction of sp³-hybridized carbons (Fsp3) is 0.357. The first-order valence-corrected chi connectivity index (χ1v) is 7.11. The topological polar surface area (TPSA) is 47.3 Å². The molecule has 0 amide bonds. The van der Waals surface area contributed by atoms with E-state index in [9.17, 15) is 0 Å². The Kier molecular flexibility index (Phi) is 5.42. The van der Waals surface area contributed by atoms with E-state index in [1.54, 1.807) is 0 Å². The molecule has 0 saturated carbocycles. The minimum absolute atomic E-state index is 0.386. The first-order valence-electron chi connectivity index (χ1n) is 6.31. The Morgan fingerprint density at radius 2 is 2.26 bits per heavy atom. The van der Waals surface area contributed by atoms with Gasteiger partial charge in [0.05, 0.1) is 5.69 Å². The third-order valence-electron chi connectivity index (χ3n) is 2.52. The van der Waals surface area contributed by atoms with Crippen LogP contribution in [0.1, 0.15) is 24.8 Å². The van der Waals surface area contributed by atoms with Crippen molar-refractivity contribution in [1.82, 2.24) is 10.5 Å². The highest BCUT2D eigenvalue weighted by Gasteiger charge is 2.05. The van der Waals surface area contributed by atoms with Crippen LogP contribution >= 0.6 is 15.9 Å². The van der Waals surface area contributed by atoms with Crippen LogP contribution in [0.15, 0.2) is 39.3 Å². The molecule has 0 saturated heterocycles. The van der Waals surface area contributed by atoms with Gasteiger partial charge in [-0.05, 0) is 31.2 Å². The average molecular weight is 325 g/mol. The van der Waals surface area contributed by atoms with Crippen molar-refractivity contribution in [2.45, 2.75) is 26.5 Å². The van der Waals surface area contributed by atoms with Crippen molar-refractivity contribution in [2.75, 3.05) is 6.54 Å². The molecule has 0 bridgehead atoms. The lowest BCUT2D eigenvalue weighted by atomic mass is 10.3. The summed E-state index contributed by atoms with van der Waals surface area (Å²) in [6.45, 7) is 4.23. The number of ether oxygens (including phenoxy) is 1. The first kappa shape index (κ1) is 14.1. The summed E-state index contributed by atoms with van der Waals surface area (Å²) in [6.07, 6.45) is 1.11. The molecule has 0 radical (unpaired) electrons. The van der Waals surface area contributed by atoms with E-state index in [-0.39, 0.29) is 0 Å². The van der Waals surface area contributed by atoms with Crippen LogP contribution < -0.4 is 10.1 Å². The molecule has 4 nitrogen and oxygen atoms in total. The van der Waals surface area contributed by atoms with Gasteiger partial charge in [-0.3, -0.25) is 0 Å². The second kappa shape index (κ2) is 7.31. The van der Waals surface area contributed by atoms with Gasteiger partial charge in [0.25, 0.3) is 0 Å². The lowest BCUT2D eigenvalue weighted by molar-refractivity contribution is 0.248. The second-order valence-corrected chi connectivity index (χ2v) is 5.12. The third-order valence-corrected chi connectivity index (χ3v) is 3.01. The molecule has 19 heavy (non-hydrogen) atoms. The smallest absolute Gasteiger partial charge is 0.174 e. The summed E-state index contributed by atoms with van der Waals surface area (Å²) in [5.41, 5.74) is 0.904. The number of benzene rings is 1. The van der Waals surface area contributed by atoms with Crippen LogP contribution in [0.2, 0.25) is 0 Å². The van der Waals surface area contributed by atoms with E-state index in [4.69, 9.17) is 9.26 Å². The average Bonchev–Trinajstić information content (AvgIpc) is 2.85. The Balaban J connectivity index is 1.83. The fourth-order valence-electron chi connectivity index (χ4n) is 1.61. The minimum atomic E-state index is 0.386. The summed E-state index contributed by atoms with van der Waals surface area (Å²) in [6, 6.07) is 9.63. The number of halogens is 1. The molecule has 0 atom stereocenters. The zero-order valence-electron chi connectivity index (χ0n) is 10.9. The van der Waals surface area contributed by atoms with E-state index in [0.717, 1.165) is 41.2 Å². The maximum atomic E-state index is 5.63. The lowest BCUT2D eigenvalue weighted by Gasteiger charge is -2.03. The van der Waals surface area contributed by atoms with Crippen LogP contribution in [-0.4, -0.2) is 11.7 Å². The highest BCUT2D eigenvalue weighted by molar-refractivity contribution is 9.10. The zero-order chi connectivity index (χ0) is 13.5. The fourth-order valence-corrected chi connectivity index (χ4v) is 1.99. The summed E-state index contributed by atoms with van der Waals surface area (Å²) in [5, 5.41) is 7.27. The maximum absolute atomic E-state index is 5.63. The standard InChI is InChI=1S/C14H17BrN2O2/c1-2-6-16-9-12-8-14(19-17-12)10-18-13-5-3-4-11(15)7-13/h3-5,7-8,16H,2,6,9-10H2,1H3. The quantitative estimate of drug-likeness (QED) is 0.792. The Bertz CT molecular complexity index is 514. The van der Waals surface area contributed by atoms with Gasteiger partial charge in [-0.2, -0.15) is 0 Å². The largest absolute Gasteiger partial charge is 0.486 e.